The van der Waals surface area contributed by atoms with Crippen molar-refractivity contribution < 1.29 is 0 Å². The van der Waals surface area contributed by atoms with Gasteiger partial charge in [0.15, 0.2) is 0 Å². The molecule has 0 fully saturated rings. The molecule has 0 heterocycles. The second-order valence-corrected chi connectivity index (χ2v) is 36.9. The fourth-order valence-electron chi connectivity index (χ4n) is 17.3. The molecule has 0 amide bonds. The standard InChI is InChI=1S/C102H206/c1-5-6-7-8-9-10-11-12-13-14-15-16-17-18-19-20-21-22-23-24-25-26-27-28-29-30-31-32-33-34-35-36-37-38-39-40-41-42-43-44-45-46-47-48-49-50-51-52-53-54-55-56-57-58-59-60-61-62-63-64-65-66-67-68-69-70-71-72-73-74-75-76-77-78-79-80-81-82-83-84-85-86-87-88-89-90-91-92-93-94-95-96-97-98-99-100-101-102(2,3)4/h5-101H2,1-4H3. The van der Waals surface area contributed by atoms with Crippen LogP contribution in [0, 0.1) is 5.41 Å². The maximum absolute atomic E-state index is 2.38. The van der Waals surface area contributed by atoms with Crippen molar-refractivity contribution in [1.29, 1.82) is 0 Å². The molecular weight excluding hydrogens is 1230 g/mol. The lowest BCUT2D eigenvalue weighted by molar-refractivity contribution is 0.356. The molecule has 102 heavy (non-hydrogen) atoms. The van der Waals surface area contributed by atoms with Crippen LogP contribution in [0.4, 0.5) is 0 Å². The van der Waals surface area contributed by atoms with E-state index in [0.717, 1.165) is 0 Å². The minimum Gasteiger partial charge on any atom is -0.0654 e. The molecule has 0 bridgehead atoms. The summed E-state index contributed by atoms with van der Waals surface area (Å²) in [6, 6.07) is 0. The van der Waals surface area contributed by atoms with E-state index in [1.807, 2.05) is 0 Å². The molecule has 0 aromatic rings. The van der Waals surface area contributed by atoms with E-state index in [2.05, 4.69) is 27.7 Å². The lowest BCUT2D eigenvalue weighted by atomic mass is 9.89. The predicted molar refractivity (Wildman–Crippen MR) is 473 cm³/mol. The molecule has 0 radical (unpaired) electrons. The van der Waals surface area contributed by atoms with E-state index in [-0.39, 0.29) is 0 Å². The van der Waals surface area contributed by atoms with Crippen LogP contribution in [0.3, 0.4) is 0 Å². The van der Waals surface area contributed by atoms with Gasteiger partial charge in [0.25, 0.3) is 0 Å². The Labute approximate surface area is 652 Å². The van der Waals surface area contributed by atoms with Crippen molar-refractivity contribution in [2.24, 2.45) is 5.41 Å². The van der Waals surface area contributed by atoms with Crippen molar-refractivity contribution in [3.05, 3.63) is 0 Å². The summed E-state index contributed by atoms with van der Waals surface area (Å²) in [5, 5.41) is 0. The first-order valence-corrected chi connectivity index (χ1v) is 50.6. The van der Waals surface area contributed by atoms with Crippen molar-refractivity contribution >= 4 is 0 Å². The molecule has 0 aromatic carbocycles. The Hall–Kier alpha value is 0. The quantitative estimate of drug-likeness (QED) is 0.0533. The number of hydrogen-bond donors (Lipinski definition) is 0. The zero-order valence-corrected chi connectivity index (χ0v) is 73.1. The molecule has 0 heteroatoms. The number of hydrogen-bond acceptors (Lipinski definition) is 0. The van der Waals surface area contributed by atoms with Gasteiger partial charge in [-0.25, -0.2) is 0 Å². The fraction of sp³-hybridized carbons (Fsp3) is 1.00. The molecular formula is C102H206. The first kappa shape index (κ1) is 102. The minimum atomic E-state index is 0.529. The highest BCUT2D eigenvalue weighted by molar-refractivity contribution is 4.63. The maximum Gasteiger partial charge on any atom is -0.0383 e. The van der Waals surface area contributed by atoms with Gasteiger partial charge in [0.2, 0.25) is 0 Å². The van der Waals surface area contributed by atoms with Gasteiger partial charge in [0.05, 0.1) is 0 Å². The Morgan fingerprint density at radius 3 is 0.206 bits per heavy atom. The third-order valence-electron chi connectivity index (χ3n) is 24.8. The van der Waals surface area contributed by atoms with Crippen molar-refractivity contribution in [1.82, 2.24) is 0 Å². The minimum absolute atomic E-state index is 0.529. The van der Waals surface area contributed by atoms with Crippen LogP contribution >= 0.6 is 0 Å². The second kappa shape index (κ2) is 95.2. The highest BCUT2D eigenvalue weighted by Gasteiger charge is 2.09. The van der Waals surface area contributed by atoms with E-state index in [1.165, 1.54) is 623 Å². The molecule has 0 aliphatic rings. The van der Waals surface area contributed by atoms with Gasteiger partial charge in [-0.2, -0.15) is 0 Å². The van der Waals surface area contributed by atoms with Gasteiger partial charge in [0, 0.05) is 0 Å². The van der Waals surface area contributed by atoms with Crippen molar-refractivity contribution in [3.63, 3.8) is 0 Å². The van der Waals surface area contributed by atoms with Gasteiger partial charge in [-0.1, -0.05) is 644 Å². The number of rotatable bonds is 96. The van der Waals surface area contributed by atoms with Crippen LogP contribution in [-0.2, 0) is 0 Å². The van der Waals surface area contributed by atoms with Gasteiger partial charge >= 0.3 is 0 Å². The Kier molecular flexibility index (Phi) is 95.2. The molecule has 0 N–H and O–H groups in total. The lowest BCUT2D eigenvalue weighted by Gasteiger charge is -2.17. The largest absolute Gasteiger partial charge is 0.0654 e. The Bertz CT molecular complexity index is 1370. The summed E-state index contributed by atoms with van der Waals surface area (Å²) in [5.41, 5.74) is 0.529. The van der Waals surface area contributed by atoms with Crippen LogP contribution in [0.25, 0.3) is 0 Å². The van der Waals surface area contributed by atoms with Crippen LogP contribution in [0.15, 0.2) is 0 Å². The van der Waals surface area contributed by atoms with Crippen LogP contribution in [0.2, 0.25) is 0 Å². The average molecular weight is 1430 g/mol. The van der Waals surface area contributed by atoms with Gasteiger partial charge in [-0.05, 0) is 11.8 Å². The zero-order chi connectivity index (χ0) is 73.1. The summed E-state index contributed by atoms with van der Waals surface area (Å²) < 4.78 is 0. The van der Waals surface area contributed by atoms with E-state index < -0.39 is 0 Å². The van der Waals surface area contributed by atoms with E-state index >= 15 is 0 Å². The lowest BCUT2D eigenvalue weighted by Crippen LogP contribution is -2.03. The number of unbranched alkanes of at least 4 members (excludes halogenated alkanes) is 95. The summed E-state index contributed by atoms with van der Waals surface area (Å²) >= 11 is 0. The molecule has 0 aromatic heterocycles. The summed E-state index contributed by atoms with van der Waals surface area (Å²) in [6.07, 6.45) is 145. The third-order valence-corrected chi connectivity index (χ3v) is 24.8. The van der Waals surface area contributed by atoms with Gasteiger partial charge in [-0.3, -0.25) is 0 Å². The summed E-state index contributed by atoms with van der Waals surface area (Å²) in [4.78, 5) is 0. The highest BCUT2D eigenvalue weighted by Crippen LogP contribution is 2.26. The molecule has 0 saturated carbocycles. The smallest absolute Gasteiger partial charge is 0.0383 e. The Morgan fingerprint density at radius 1 is 0.0882 bits per heavy atom. The monoisotopic (exact) mass is 1430 g/mol. The second-order valence-electron chi connectivity index (χ2n) is 36.9. The van der Waals surface area contributed by atoms with Crippen molar-refractivity contribution in [3.8, 4) is 0 Å². The molecule has 0 atom stereocenters. The van der Waals surface area contributed by atoms with Crippen LogP contribution in [-0.4, -0.2) is 0 Å². The first-order valence-electron chi connectivity index (χ1n) is 50.6. The fourth-order valence-corrected chi connectivity index (χ4v) is 17.3. The average Bonchev–Trinajstić information content (AvgIpc) is 1.98. The zero-order valence-electron chi connectivity index (χ0n) is 73.1. The first-order chi connectivity index (χ1) is 50.6. The molecule has 0 aliphatic heterocycles. The van der Waals surface area contributed by atoms with E-state index in [4.69, 9.17) is 0 Å². The van der Waals surface area contributed by atoms with E-state index in [0.29, 0.717) is 5.41 Å². The molecule has 0 saturated heterocycles. The molecule has 0 nitrogen and oxygen atoms in total. The summed E-state index contributed by atoms with van der Waals surface area (Å²) in [6.45, 7) is 9.46. The van der Waals surface area contributed by atoms with Gasteiger partial charge in [0.1, 0.15) is 0 Å². The van der Waals surface area contributed by atoms with E-state index in [1.54, 1.807) is 0 Å². The normalized spacial score (nSPS) is 12.0. The van der Waals surface area contributed by atoms with Crippen LogP contribution < -0.4 is 0 Å². The van der Waals surface area contributed by atoms with Crippen LogP contribution in [0.5, 0.6) is 0 Å². The van der Waals surface area contributed by atoms with Gasteiger partial charge in [-0.15, -0.1) is 0 Å². The summed E-state index contributed by atoms with van der Waals surface area (Å²) in [5.74, 6) is 0. The topological polar surface area (TPSA) is 0 Å². The molecule has 0 aliphatic carbocycles. The Morgan fingerprint density at radius 2 is 0.147 bits per heavy atom. The van der Waals surface area contributed by atoms with E-state index in [9.17, 15) is 0 Å². The summed E-state index contributed by atoms with van der Waals surface area (Å²) in [7, 11) is 0. The van der Waals surface area contributed by atoms with Crippen molar-refractivity contribution in [2.75, 3.05) is 0 Å². The Balaban J connectivity index is 3.10. The molecule has 0 rings (SSSR count). The molecule has 0 unspecified atom stereocenters. The molecule has 614 valence electrons. The van der Waals surface area contributed by atoms with Gasteiger partial charge < -0.3 is 0 Å². The third kappa shape index (κ3) is 100. The predicted octanol–water partition coefficient (Wildman–Crippen LogP) is 39.9. The SMILES string of the molecule is CCCCCCCCCCCCCCCCCCCCCCCCCCCCCCCCCCCCCCCCCCCCCCCCCCCCCCCCCCCCCCCCCCCCCCCCCCCCCCCCCCCCCCCCCCCCCCCCCCC(C)(C)C. The van der Waals surface area contributed by atoms with Crippen molar-refractivity contribution in [2.45, 2.75) is 651 Å². The van der Waals surface area contributed by atoms with Crippen LogP contribution in [0.1, 0.15) is 651 Å². The molecule has 0 spiro atoms. The highest BCUT2D eigenvalue weighted by atomic mass is 14.2. The maximum atomic E-state index is 2.38.